The topological polar surface area (TPSA) is 183 Å². The predicted octanol–water partition coefficient (Wildman–Crippen LogP) is -3.55. The van der Waals surface area contributed by atoms with Gasteiger partial charge in [0.2, 0.25) is 30.0 Å². The Hall–Kier alpha value is -3.18. The lowest BCUT2D eigenvalue weighted by molar-refractivity contribution is -0.138. The van der Waals surface area contributed by atoms with Gasteiger partial charge in [-0.1, -0.05) is 0 Å². The van der Waals surface area contributed by atoms with E-state index in [1.807, 2.05) is 5.32 Å². The maximum absolute atomic E-state index is 11.9. The molecule has 0 aromatic carbocycles. The van der Waals surface area contributed by atoms with Crippen LogP contribution < -0.4 is 26.6 Å². The van der Waals surface area contributed by atoms with Crippen molar-refractivity contribution in [1.29, 1.82) is 0 Å². The van der Waals surface area contributed by atoms with E-state index in [0.717, 1.165) is 0 Å². The van der Waals surface area contributed by atoms with Gasteiger partial charge in [-0.2, -0.15) is 0 Å². The molecule has 12 heteroatoms. The summed E-state index contributed by atoms with van der Waals surface area (Å²) in [5, 5.41) is 19.7. The number of amides is 5. The lowest BCUT2D eigenvalue weighted by Crippen LogP contribution is -2.48. The summed E-state index contributed by atoms with van der Waals surface area (Å²) in [5.41, 5.74) is 0. The normalized spacial score (nSPS) is 10.8. The van der Waals surface area contributed by atoms with Crippen molar-refractivity contribution in [2.24, 2.45) is 0 Å². The highest BCUT2D eigenvalue weighted by Gasteiger charge is 2.19. The average molecular weight is 373 g/mol. The molecule has 26 heavy (non-hydrogen) atoms. The average Bonchev–Trinajstić information content (AvgIpc) is 2.59. The van der Waals surface area contributed by atoms with E-state index in [-0.39, 0.29) is 18.7 Å². The van der Waals surface area contributed by atoms with Crippen molar-refractivity contribution in [3.05, 3.63) is 0 Å². The smallest absolute Gasteiger partial charge is 0.322 e. The zero-order chi connectivity index (χ0) is 19.9. The number of carboxylic acids is 1. The number of nitrogens with one attached hydrogen (secondary N) is 5. The van der Waals surface area contributed by atoms with E-state index in [1.165, 1.54) is 0 Å². The molecule has 0 aliphatic heterocycles. The summed E-state index contributed by atoms with van der Waals surface area (Å²) in [4.78, 5) is 66.9. The highest BCUT2D eigenvalue weighted by Crippen LogP contribution is 1.97. The molecule has 0 aromatic heterocycles. The van der Waals surface area contributed by atoms with Gasteiger partial charge >= 0.3 is 5.97 Å². The summed E-state index contributed by atoms with van der Waals surface area (Å²) in [6.07, 6.45) is 0.382. The summed E-state index contributed by atoms with van der Waals surface area (Å²) in [7, 11) is 0. The molecule has 0 saturated carbocycles. The van der Waals surface area contributed by atoms with Crippen LogP contribution >= 0.6 is 0 Å². The Labute approximate surface area is 149 Å². The molecule has 12 nitrogen and oxygen atoms in total. The second-order valence-corrected chi connectivity index (χ2v) is 4.99. The van der Waals surface area contributed by atoms with E-state index in [9.17, 15) is 28.8 Å². The van der Waals surface area contributed by atoms with Crippen LogP contribution in [0.5, 0.6) is 0 Å². The number of carboxylic acid groups (broad SMARTS) is 1. The first-order valence-electron chi connectivity index (χ1n) is 7.79. The van der Waals surface area contributed by atoms with Gasteiger partial charge in [0.05, 0.1) is 13.1 Å². The fraction of sp³-hybridized carbons (Fsp3) is 0.571. The molecule has 1 unspecified atom stereocenters. The van der Waals surface area contributed by atoms with Crippen LogP contribution in [0.15, 0.2) is 0 Å². The van der Waals surface area contributed by atoms with Gasteiger partial charge in [0.1, 0.15) is 12.6 Å². The molecule has 0 aliphatic carbocycles. The largest absolute Gasteiger partial charge is 0.480 e. The fourth-order valence-corrected chi connectivity index (χ4v) is 1.70. The lowest BCUT2D eigenvalue weighted by Gasteiger charge is -2.15. The SMILES string of the molecule is CCNC(=O)CCC(NC=O)C(=O)NCC(=O)NCC(=O)NCC(=O)O. The van der Waals surface area contributed by atoms with Gasteiger partial charge in [0.25, 0.3) is 0 Å². The molecule has 0 aromatic rings. The third-order valence-electron chi connectivity index (χ3n) is 2.93. The number of carbonyl (C=O) groups is 6. The van der Waals surface area contributed by atoms with E-state index in [4.69, 9.17) is 5.11 Å². The second-order valence-electron chi connectivity index (χ2n) is 4.99. The van der Waals surface area contributed by atoms with Gasteiger partial charge in [0, 0.05) is 13.0 Å². The van der Waals surface area contributed by atoms with Crippen LogP contribution in [0, 0.1) is 0 Å². The Morgan fingerprint density at radius 2 is 1.46 bits per heavy atom. The molecule has 1 atom stereocenters. The van der Waals surface area contributed by atoms with Crippen LogP contribution in [0.2, 0.25) is 0 Å². The first kappa shape index (κ1) is 22.8. The third-order valence-corrected chi connectivity index (χ3v) is 2.93. The maximum atomic E-state index is 11.9. The summed E-state index contributed by atoms with van der Waals surface area (Å²) in [5.74, 6) is -3.54. The van der Waals surface area contributed by atoms with E-state index < -0.39 is 49.4 Å². The molecule has 5 amide bonds. The van der Waals surface area contributed by atoms with Gasteiger partial charge < -0.3 is 31.7 Å². The molecular weight excluding hydrogens is 350 g/mol. The van der Waals surface area contributed by atoms with Gasteiger partial charge in [-0.15, -0.1) is 0 Å². The number of carbonyl (C=O) groups excluding carboxylic acids is 5. The molecular formula is C14H23N5O7. The van der Waals surface area contributed by atoms with Crippen molar-refractivity contribution in [3.63, 3.8) is 0 Å². The van der Waals surface area contributed by atoms with Crippen LogP contribution in [0.1, 0.15) is 19.8 Å². The Bertz CT molecular complexity index is 538. The molecule has 0 spiro atoms. The molecule has 0 fully saturated rings. The Kier molecular flexibility index (Phi) is 11.5. The van der Waals surface area contributed by atoms with Crippen LogP contribution in [0.4, 0.5) is 0 Å². The molecule has 146 valence electrons. The molecule has 0 aliphatic rings. The van der Waals surface area contributed by atoms with E-state index in [0.29, 0.717) is 13.0 Å². The van der Waals surface area contributed by atoms with Gasteiger partial charge in [-0.25, -0.2) is 0 Å². The number of aliphatic carboxylic acids is 1. The standard InChI is InChI=1S/C14H23N5O7/c1-2-15-10(21)4-3-9(19-8-20)14(26)18-6-12(23)16-5-11(22)17-7-13(24)25/h8-9H,2-7H2,1H3,(H,15,21)(H,16,23)(H,17,22)(H,18,26)(H,19,20)(H,24,25). The van der Waals surface area contributed by atoms with Crippen LogP contribution in [0.25, 0.3) is 0 Å². The van der Waals surface area contributed by atoms with Crippen LogP contribution in [-0.4, -0.2) is 73.3 Å². The zero-order valence-corrected chi connectivity index (χ0v) is 14.3. The van der Waals surface area contributed by atoms with Crippen molar-refractivity contribution in [3.8, 4) is 0 Å². The summed E-state index contributed by atoms with van der Waals surface area (Å²) in [6.45, 7) is 0.706. The molecule has 0 saturated heterocycles. The van der Waals surface area contributed by atoms with E-state index in [2.05, 4.69) is 21.3 Å². The highest BCUT2D eigenvalue weighted by atomic mass is 16.4. The molecule has 0 rings (SSSR count). The minimum atomic E-state index is -1.22. The van der Waals surface area contributed by atoms with E-state index in [1.54, 1.807) is 6.92 Å². The van der Waals surface area contributed by atoms with Gasteiger partial charge in [0.15, 0.2) is 0 Å². The maximum Gasteiger partial charge on any atom is 0.322 e. The third kappa shape index (κ3) is 11.4. The van der Waals surface area contributed by atoms with Crippen molar-refractivity contribution < 1.29 is 33.9 Å². The van der Waals surface area contributed by atoms with Crippen molar-refractivity contribution in [2.45, 2.75) is 25.8 Å². The fourth-order valence-electron chi connectivity index (χ4n) is 1.70. The zero-order valence-electron chi connectivity index (χ0n) is 14.3. The number of hydrogen-bond donors (Lipinski definition) is 6. The van der Waals surface area contributed by atoms with Gasteiger partial charge in [-0.05, 0) is 13.3 Å². The second kappa shape index (κ2) is 13.1. The summed E-state index contributed by atoms with van der Waals surface area (Å²) >= 11 is 0. The molecule has 0 heterocycles. The van der Waals surface area contributed by atoms with Gasteiger partial charge in [-0.3, -0.25) is 28.8 Å². The van der Waals surface area contributed by atoms with Crippen LogP contribution in [0.3, 0.4) is 0 Å². The minimum absolute atomic E-state index is 0.0166. The molecule has 0 bridgehead atoms. The Morgan fingerprint density at radius 3 is 2.00 bits per heavy atom. The van der Waals surface area contributed by atoms with Crippen LogP contribution in [-0.2, 0) is 28.8 Å². The lowest BCUT2D eigenvalue weighted by atomic mass is 10.1. The number of rotatable bonds is 13. The van der Waals surface area contributed by atoms with Crippen molar-refractivity contribution in [2.75, 3.05) is 26.2 Å². The Morgan fingerprint density at radius 1 is 0.885 bits per heavy atom. The highest BCUT2D eigenvalue weighted by molar-refractivity contribution is 5.91. The van der Waals surface area contributed by atoms with E-state index >= 15 is 0 Å². The van der Waals surface area contributed by atoms with Crippen molar-refractivity contribution in [1.82, 2.24) is 26.6 Å². The summed E-state index contributed by atoms with van der Waals surface area (Å²) in [6, 6.07) is -0.984. The first-order chi connectivity index (χ1) is 12.3. The minimum Gasteiger partial charge on any atom is -0.480 e. The monoisotopic (exact) mass is 373 g/mol. The number of hydrogen-bond acceptors (Lipinski definition) is 6. The molecule has 6 N–H and O–H groups in total. The predicted molar refractivity (Wildman–Crippen MR) is 87.6 cm³/mol. The van der Waals surface area contributed by atoms with Crippen molar-refractivity contribution >= 4 is 36.0 Å². The quantitative estimate of drug-likeness (QED) is 0.181. The Balaban J connectivity index is 4.21. The first-order valence-corrected chi connectivity index (χ1v) is 7.79. The molecule has 0 radical (unpaired) electrons. The summed E-state index contributed by atoms with van der Waals surface area (Å²) < 4.78 is 0.